The molecule has 4 aromatic rings. The van der Waals surface area contributed by atoms with E-state index in [9.17, 15) is 19.2 Å². The second-order valence-corrected chi connectivity index (χ2v) is 22.1. The highest BCUT2D eigenvalue weighted by atomic mass is 16.6. The lowest BCUT2D eigenvalue weighted by atomic mass is 9.69. The van der Waals surface area contributed by atoms with E-state index in [0.717, 1.165) is 106 Å². The topological polar surface area (TPSA) is 207 Å². The SMILES string of the molecule is CN(C)CCCC[C@H](NC(=O)C1(C=O)CCC1)C(=O)Nc1ccc(COc2ccccc2-c2cc(N3CC4CCC(C3)N4c3ccnc(OC4CC(OC5CCN(C(=O)OC(C)(C)C)CC5)C4)c3)c(N)nn2)cc1. The number of rotatable bonds is 20. The lowest BCUT2D eigenvalue weighted by Gasteiger charge is -2.43. The molecule has 18 nitrogen and oxygen atoms in total. The minimum Gasteiger partial charge on any atom is -0.488 e. The molecule has 0 radical (unpaired) electrons. The predicted octanol–water partition coefficient (Wildman–Crippen LogP) is 7.41. The Morgan fingerprint density at radius 1 is 0.905 bits per heavy atom. The zero-order valence-corrected chi connectivity index (χ0v) is 43.7. The van der Waals surface area contributed by atoms with Gasteiger partial charge in [-0.2, -0.15) is 0 Å². The van der Waals surface area contributed by atoms with Crippen LogP contribution in [0.1, 0.15) is 103 Å². The van der Waals surface area contributed by atoms with Crippen LogP contribution >= 0.6 is 0 Å². The largest absolute Gasteiger partial charge is 0.488 e. The van der Waals surface area contributed by atoms with E-state index in [4.69, 9.17) is 24.7 Å². The van der Waals surface area contributed by atoms with Crippen LogP contribution in [0.4, 0.5) is 27.7 Å². The third kappa shape index (κ3) is 12.7. The van der Waals surface area contributed by atoms with Crippen molar-refractivity contribution in [3.05, 3.63) is 78.5 Å². The molecule has 74 heavy (non-hydrogen) atoms. The number of aromatic nitrogens is 3. The average Bonchev–Trinajstić information content (AvgIpc) is 3.62. The number of hydrogen-bond acceptors (Lipinski definition) is 15. The number of nitrogens with one attached hydrogen (secondary N) is 2. The van der Waals surface area contributed by atoms with E-state index < -0.39 is 17.1 Å². The zero-order chi connectivity index (χ0) is 52.0. The van der Waals surface area contributed by atoms with E-state index in [0.29, 0.717) is 61.2 Å². The number of pyridine rings is 1. The van der Waals surface area contributed by atoms with Crippen LogP contribution in [0.15, 0.2) is 72.9 Å². The maximum Gasteiger partial charge on any atom is 0.410 e. The van der Waals surface area contributed by atoms with Crippen LogP contribution in [0, 0.1) is 5.41 Å². The number of anilines is 4. The molecule has 396 valence electrons. The van der Waals surface area contributed by atoms with Crippen molar-refractivity contribution in [1.29, 1.82) is 0 Å². The van der Waals surface area contributed by atoms with E-state index in [1.807, 2.05) is 95.7 Å². The summed E-state index contributed by atoms with van der Waals surface area (Å²) in [5.74, 6) is 0.965. The van der Waals surface area contributed by atoms with Gasteiger partial charge in [-0.15, -0.1) is 10.2 Å². The maximum absolute atomic E-state index is 13.6. The Labute approximate surface area is 435 Å². The first-order valence-electron chi connectivity index (χ1n) is 26.6. The van der Waals surface area contributed by atoms with E-state index in [2.05, 4.69) is 52.6 Å². The van der Waals surface area contributed by atoms with Gasteiger partial charge in [-0.1, -0.05) is 30.7 Å². The number of hydrogen-bond donors (Lipinski definition) is 3. The lowest BCUT2D eigenvalue weighted by Crippen LogP contribution is -2.54. The summed E-state index contributed by atoms with van der Waals surface area (Å²) in [5, 5.41) is 14.9. The van der Waals surface area contributed by atoms with E-state index in [-0.39, 0.29) is 54.9 Å². The molecule has 3 atom stereocenters. The van der Waals surface area contributed by atoms with Gasteiger partial charge in [-0.05, 0) is 141 Å². The number of benzene rings is 2. The fourth-order valence-electron chi connectivity index (χ4n) is 10.8. The number of piperazine rings is 1. The molecule has 2 aromatic carbocycles. The van der Waals surface area contributed by atoms with Gasteiger partial charge in [0.1, 0.15) is 41.8 Å². The molecule has 2 unspecified atom stereocenters. The fraction of sp³-hybridized carbons (Fsp3) is 0.554. The molecular formula is C56H74N10O8. The number of aldehydes is 1. The molecule has 2 aliphatic carbocycles. The summed E-state index contributed by atoms with van der Waals surface area (Å²) in [6.45, 7) is 9.62. The van der Waals surface area contributed by atoms with Crippen LogP contribution < -0.4 is 35.6 Å². The molecule has 3 amide bonds. The Kier molecular flexibility index (Phi) is 16.2. The van der Waals surface area contributed by atoms with Crippen LogP contribution in [0.2, 0.25) is 0 Å². The molecule has 3 saturated heterocycles. The number of ether oxygens (including phenoxy) is 4. The number of nitrogen functional groups attached to an aromatic ring is 1. The highest BCUT2D eigenvalue weighted by Crippen LogP contribution is 2.41. The van der Waals surface area contributed by atoms with Gasteiger partial charge in [0.25, 0.3) is 0 Å². The highest BCUT2D eigenvalue weighted by Gasteiger charge is 2.45. The summed E-state index contributed by atoms with van der Waals surface area (Å²) in [6.07, 6.45) is 11.9. The summed E-state index contributed by atoms with van der Waals surface area (Å²) >= 11 is 0. The third-order valence-corrected chi connectivity index (χ3v) is 15.1. The summed E-state index contributed by atoms with van der Waals surface area (Å²) in [5.41, 5.74) is 9.93. The van der Waals surface area contributed by atoms with Gasteiger partial charge >= 0.3 is 6.09 Å². The van der Waals surface area contributed by atoms with Gasteiger partial charge in [0.05, 0.1) is 23.6 Å². The number of para-hydroxylation sites is 1. The second-order valence-electron chi connectivity index (χ2n) is 22.1. The first-order chi connectivity index (χ1) is 35.6. The Morgan fingerprint density at radius 2 is 1.64 bits per heavy atom. The fourth-order valence-corrected chi connectivity index (χ4v) is 10.8. The van der Waals surface area contributed by atoms with Crippen molar-refractivity contribution in [2.45, 2.75) is 146 Å². The first kappa shape index (κ1) is 52.3. The van der Waals surface area contributed by atoms with Crippen LogP contribution in [0.25, 0.3) is 11.3 Å². The quantitative estimate of drug-likeness (QED) is 0.0448. The van der Waals surface area contributed by atoms with Crippen molar-refractivity contribution in [2.24, 2.45) is 5.41 Å². The molecule has 9 rings (SSSR count). The van der Waals surface area contributed by atoms with E-state index in [1.165, 1.54) is 0 Å². The van der Waals surface area contributed by atoms with Gasteiger partial charge in [0.15, 0.2) is 5.82 Å². The van der Waals surface area contributed by atoms with Crippen molar-refractivity contribution in [2.75, 3.05) is 67.7 Å². The zero-order valence-electron chi connectivity index (χ0n) is 43.7. The first-order valence-corrected chi connectivity index (χ1v) is 26.6. The lowest BCUT2D eigenvalue weighted by molar-refractivity contribution is -0.143. The van der Waals surface area contributed by atoms with Crippen molar-refractivity contribution >= 4 is 47.1 Å². The molecule has 2 aromatic heterocycles. The number of piperidine rings is 1. The van der Waals surface area contributed by atoms with Crippen LogP contribution in [0.3, 0.4) is 0 Å². The minimum atomic E-state index is -1.03. The molecule has 5 fully saturated rings. The molecule has 2 saturated carbocycles. The van der Waals surface area contributed by atoms with Crippen molar-refractivity contribution in [3.63, 3.8) is 0 Å². The van der Waals surface area contributed by atoms with Crippen LogP contribution in [-0.4, -0.2) is 138 Å². The summed E-state index contributed by atoms with van der Waals surface area (Å²) < 4.78 is 24.8. The van der Waals surface area contributed by atoms with Crippen molar-refractivity contribution < 1.29 is 38.1 Å². The minimum absolute atomic E-state index is 0.0455. The Morgan fingerprint density at radius 3 is 2.31 bits per heavy atom. The molecule has 3 aliphatic heterocycles. The molecule has 5 heterocycles. The third-order valence-electron chi connectivity index (χ3n) is 15.1. The summed E-state index contributed by atoms with van der Waals surface area (Å²) in [4.78, 5) is 64.4. The van der Waals surface area contributed by atoms with Gasteiger partial charge < -0.3 is 59.7 Å². The van der Waals surface area contributed by atoms with Crippen molar-refractivity contribution in [3.8, 4) is 22.9 Å². The van der Waals surface area contributed by atoms with Crippen molar-refractivity contribution in [1.82, 2.24) is 30.3 Å². The number of amides is 3. The smallest absolute Gasteiger partial charge is 0.410 e. The number of nitrogens with zero attached hydrogens (tertiary/aromatic N) is 7. The highest BCUT2D eigenvalue weighted by molar-refractivity contribution is 6.02. The monoisotopic (exact) mass is 1010 g/mol. The predicted molar refractivity (Wildman–Crippen MR) is 283 cm³/mol. The number of fused-ring (bicyclic) bond motifs is 2. The molecule has 4 N–H and O–H groups in total. The second kappa shape index (κ2) is 22.9. The Hall–Kier alpha value is -6.53. The van der Waals surface area contributed by atoms with Gasteiger partial charge in [-0.25, -0.2) is 9.78 Å². The summed E-state index contributed by atoms with van der Waals surface area (Å²) in [7, 11) is 4.01. The number of nitrogens with two attached hydrogens (primary N) is 1. The summed E-state index contributed by atoms with van der Waals surface area (Å²) in [6, 6.07) is 21.1. The Bertz CT molecular complexity index is 2580. The van der Waals surface area contributed by atoms with Gasteiger partial charge in [-0.3, -0.25) is 9.59 Å². The standard InChI is InChI=1S/C56H74N10O8/c1-55(2,3)74-54(70)64-27-21-42(22-28-64)72-43-30-44(31-43)73-50-29-39(20-25-58-50)66-40-18-19-41(66)34-65(33-40)48-32-47(61-62-51(48)57)45-11-6-7-13-49(45)71-35-37-14-16-38(17-15-37)59-52(68)46(12-8-9-26-63(4)5)60-53(69)56(36-67)23-10-24-56/h6-7,11,13-17,20,25,29,32,36,40-44,46H,8-10,12,18-19,21-24,26-28,30-31,33-35H2,1-5H3,(H2,57,62)(H,59,68)(H,60,69)/t40?,41?,43?,44?,46-/m0/s1. The molecule has 0 spiro atoms. The number of likely N-dealkylation sites (tertiary alicyclic amines) is 1. The molecule has 18 heteroatoms. The molecule has 5 aliphatic rings. The number of carbonyl (C=O) groups is 4. The van der Waals surface area contributed by atoms with Gasteiger partial charge in [0.2, 0.25) is 17.7 Å². The van der Waals surface area contributed by atoms with Gasteiger partial charge in [0, 0.05) is 80.3 Å². The normalized spacial score (nSPS) is 21.8. The Balaban J connectivity index is 0.767. The molecular weight excluding hydrogens is 941 g/mol. The maximum atomic E-state index is 13.6. The molecule has 2 bridgehead atoms. The number of unbranched alkanes of at least 4 members (excludes halogenated alkanes) is 1. The van der Waals surface area contributed by atoms with Crippen LogP contribution in [-0.2, 0) is 30.5 Å². The van der Waals surface area contributed by atoms with Crippen LogP contribution in [0.5, 0.6) is 11.6 Å². The van der Waals surface area contributed by atoms with E-state index in [1.54, 1.807) is 4.90 Å². The van der Waals surface area contributed by atoms with E-state index >= 15 is 0 Å². The average molecular weight is 1020 g/mol. The number of carbonyl (C=O) groups excluding carboxylic acids is 4.